The third-order valence-electron chi connectivity index (χ3n) is 2.91. The van der Waals surface area contributed by atoms with Crippen LogP contribution in [0.1, 0.15) is 36.1 Å². The normalized spacial score (nSPS) is 11.2. The molecular formula is C14H14N4O2S. The van der Waals surface area contributed by atoms with Crippen molar-refractivity contribution in [2.75, 3.05) is 11.1 Å². The molecule has 0 unspecified atom stereocenters. The first-order valence-corrected chi connectivity index (χ1v) is 7.34. The topological polar surface area (TPSA) is 94.0 Å². The molecule has 1 aromatic carbocycles. The highest BCUT2D eigenvalue weighted by Crippen LogP contribution is 2.24. The van der Waals surface area contributed by atoms with E-state index in [1.54, 1.807) is 23.6 Å². The number of hydrogen-bond donors (Lipinski definition) is 2. The lowest BCUT2D eigenvalue weighted by Gasteiger charge is -2.02. The van der Waals surface area contributed by atoms with Crippen molar-refractivity contribution in [1.29, 1.82) is 0 Å². The molecule has 0 saturated heterocycles. The number of benzene rings is 1. The van der Waals surface area contributed by atoms with Crippen LogP contribution in [0.3, 0.4) is 0 Å². The summed E-state index contributed by atoms with van der Waals surface area (Å²) in [6.45, 7) is 4.03. The molecule has 7 heteroatoms. The Morgan fingerprint density at radius 1 is 1.38 bits per heavy atom. The Bertz CT molecular complexity index is 806. The smallest absolute Gasteiger partial charge is 0.275 e. The standard InChI is InChI=1S/C14H14N4O2S/c1-7(2)13-17-9-5-8(3-4-11(9)20-13)16-12(19)10-6-21-14(15)18-10/h3-7H,1-2H3,(H2,15,18)(H,16,19). The monoisotopic (exact) mass is 302 g/mol. The first-order chi connectivity index (χ1) is 10.0. The molecule has 3 aromatic rings. The molecule has 0 saturated carbocycles. The Morgan fingerprint density at radius 3 is 2.86 bits per heavy atom. The molecule has 108 valence electrons. The summed E-state index contributed by atoms with van der Waals surface area (Å²) >= 11 is 1.23. The molecule has 6 nitrogen and oxygen atoms in total. The SMILES string of the molecule is CC(C)c1nc2cc(NC(=O)c3csc(N)n3)ccc2o1. The fourth-order valence-corrected chi connectivity index (χ4v) is 2.40. The van der Waals surface area contributed by atoms with Gasteiger partial charge in [-0.2, -0.15) is 0 Å². The Balaban J connectivity index is 1.85. The zero-order valence-electron chi connectivity index (χ0n) is 11.6. The lowest BCUT2D eigenvalue weighted by atomic mass is 10.2. The van der Waals surface area contributed by atoms with Gasteiger partial charge in [0.2, 0.25) is 0 Å². The number of nitrogens with zero attached hydrogens (tertiary/aromatic N) is 2. The zero-order chi connectivity index (χ0) is 15.0. The zero-order valence-corrected chi connectivity index (χ0v) is 12.4. The number of hydrogen-bond acceptors (Lipinski definition) is 6. The van der Waals surface area contributed by atoms with Gasteiger partial charge >= 0.3 is 0 Å². The van der Waals surface area contributed by atoms with E-state index in [2.05, 4.69) is 15.3 Å². The molecule has 3 N–H and O–H groups in total. The second-order valence-electron chi connectivity index (χ2n) is 4.91. The highest BCUT2D eigenvalue weighted by Gasteiger charge is 2.12. The van der Waals surface area contributed by atoms with E-state index in [1.807, 2.05) is 13.8 Å². The van der Waals surface area contributed by atoms with Gasteiger partial charge in [-0.25, -0.2) is 9.97 Å². The van der Waals surface area contributed by atoms with Gasteiger partial charge in [0.05, 0.1) is 0 Å². The lowest BCUT2D eigenvalue weighted by Crippen LogP contribution is -2.12. The second kappa shape index (κ2) is 5.17. The number of carbonyl (C=O) groups is 1. The number of anilines is 2. The van der Waals surface area contributed by atoms with Gasteiger partial charge in [0, 0.05) is 17.0 Å². The Labute approximate surface area is 125 Å². The van der Waals surface area contributed by atoms with E-state index < -0.39 is 0 Å². The van der Waals surface area contributed by atoms with Crippen LogP contribution < -0.4 is 11.1 Å². The summed E-state index contributed by atoms with van der Waals surface area (Å²) in [4.78, 5) is 20.4. The molecule has 0 bridgehead atoms. The molecule has 2 aromatic heterocycles. The molecule has 21 heavy (non-hydrogen) atoms. The molecule has 0 aliphatic carbocycles. The van der Waals surface area contributed by atoms with Gasteiger partial charge in [-0.1, -0.05) is 13.8 Å². The van der Waals surface area contributed by atoms with Crippen LogP contribution in [0, 0.1) is 0 Å². The van der Waals surface area contributed by atoms with Crippen LogP contribution >= 0.6 is 11.3 Å². The highest BCUT2D eigenvalue weighted by molar-refractivity contribution is 7.13. The van der Waals surface area contributed by atoms with E-state index in [-0.39, 0.29) is 11.8 Å². The van der Waals surface area contributed by atoms with Crippen molar-refractivity contribution in [3.05, 3.63) is 35.2 Å². The minimum atomic E-state index is -0.296. The number of nitrogen functional groups attached to an aromatic ring is 1. The van der Waals surface area contributed by atoms with Crippen LogP contribution in [0.15, 0.2) is 28.0 Å². The van der Waals surface area contributed by atoms with Crippen LogP contribution in [-0.2, 0) is 0 Å². The van der Waals surface area contributed by atoms with Crippen LogP contribution in [0.4, 0.5) is 10.8 Å². The number of aromatic nitrogens is 2. The summed E-state index contributed by atoms with van der Waals surface area (Å²) in [5.74, 6) is 0.601. The number of rotatable bonds is 3. The molecular weight excluding hydrogens is 288 g/mol. The first-order valence-electron chi connectivity index (χ1n) is 6.46. The number of nitrogens with two attached hydrogens (primary N) is 1. The van der Waals surface area contributed by atoms with Gasteiger partial charge in [-0.05, 0) is 18.2 Å². The predicted molar refractivity (Wildman–Crippen MR) is 82.6 cm³/mol. The van der Waals surface area contributed by atoms with Gasteiger partial charge in [0.25, 0.3) is 5.91 Å². The summed E-state index contributed by atoms with van der Waals surface area (Å²) < 4.78 is 5.63. The number of nitrogens with one attached hydrogen (secondary N) is 1. The highest BCUT2D eigenvalue weighted by atomic mass is 32.1. The maximum atomic E-state index is 12.0. The predicted octanol–water partition coefficient (Wildman–Crippen LogP) is 3.24. The van der Waals surface area contributed by atoms with Crippen LogP contribution in [0.2, 0.25) is 0 Å². The molecule has 0 aliphatic heterocycles. The number of carbonyl (C=O) groups excluding carboxylic acids is 1. The first kappa shape index (κ1) is 13.6. The third kappa shape index (κ3) is 2.73. The van der Waals surface area contributed by atoms with Gasteiger partial charge < -0.3 is 15.5 Å². The van der Waals surface area contributed by atoms with E-state index in [1.165, 1.54) is 11.3 Å². The van der Waals surface area contributed by atoms with E-state index in [9.17, 15) is 4.79 Å². The van der Waals surface area contributed by atoms with Gasteiger partial charge in [-0.15, -0.1) is 11.3 Å². The number of amides is 1. The molecule has 2 heterocycles. The molecule has 0 radical (unpaired) electrons. The summed E-state index contributed by atoms with van der Waals surface area (Å²) in [5, 5.41) is 4.76. The van der Waals surface area contributed by atoms with Crippen molar-refractivity contribution in [2.24, 2.45) is 0 Å². The Kier molecular flexibility index (Phi) is 3.34. The lowest BCUT2D eigenvalue weighted by molar-refractivity contribution is 0.102. The van der Waals surface area contributed by atoms with Crippen molar-refractivity contribution in [1.82, 2.24) is 9.97 Å². The van der Waals surface area contributed by atoms with Crippen LogP contribution in [-0.4, -0.2) is 15.9 Å². The van der Waals surface area contributed by atoms with Crippen molar-refractivity contribution in [3.8, 4) is 0 Å². The van der Waals surface area contributed by atoms with Gasteiger partial charge in [0.1, 0.15) is 11.2 Å². The van der Waals surface area contributed by atoms with Crippen LogP contribution in [0.25, 0.3) is 11.1 Å². The molecule has 0 atom stereocenters. The molecule has 0 spiro atoms. The Morgan fingerprint density at radius 2 is 2.19 bits per heavy atom. The number of fused-ring (bicyclic) bond motifs is 1. The molecule has 1 amide bonds. The summed E-state index contributed by atoms with van der Waals surface area (Å²) in [7, 11) is 0. The fourth-order valence-electron chi connectivity index (χ4n) is 1.86. The van der Waals surface area contributed by atoms with E-state index in [0.717, 1.165) is 0 Å². The van der Waals surface area contributed by atoms with Crippen molar-refractivity contribution in [2.45, 2.75) is 19.8 Å². The summed E-state index contributed by atoms with van der Waals surface area (Å²) in [5.41, 5.74) is 7.89. The largest absolute Gasteiger partial charge is 0.440 e. The number of thiazole rings is 1. The minimum Gasteiger partial charge on any atom is -0.440 e. The third-order valence-corrected chi connectivity index (χ3v) is 3.58. The molecule has 3 rings (SSSR count). The average molecular weight is 302 g/mol. The maximum absolute atomic E-state index is 12.0. The van der Waals surface area contributed by atoms with E-state index in [4.69, 9.17) is 10.2 Å². The molecule has 0 aliphatic rings. The minimum absolute atomic E-state index is 0.216. The summed E-state index contributed by atoms with van der Waals surface area (Å²) in [6.07, 6.45) is 0. The second-order valence-corrected chi connectivity index (χ2v) is 5.80. The Hall–Kier alpha value is -2.41. The van der Waals surface area contributed by atoms with Crippen LogP contribution in [0.5, 0.6) is 0 Å². The fraction of sp³-hybridized carbons (Fsp3) is 0.214. The summed E-state index contributed by atoms with van der Waals surface area (Å²) in [6, 6.07) is 5.34. The van der Waals surface area contributed by atoms with Gasteiger partial charge in [-0.3, -0.25) is 4.79 Å². The van der Waals surface area contributed by atoms with Crippen molar-refractivity contribution >= 4 is 39.2 Å². The van der Waals surface area contributed by atoms with Gasteiger partial charge in [0.15, 0.2) is 16.6 Å². The van der Waals surface area contributed by atoms with E-state index >= 15 is 0 Å². The maximum Gasteiger partial charge on any atom is 0.275 e. The average Bonchev–Trinajstić information content (AvgIpc) is 3.04. The van der Waals surface area contributed by atoms with E-state index in [0.29, 0.717) is 33.5 Å². The molecule has 0 fully saturated rings. The van der Waals surface area contributed by atoms with Crippen molar-refractivity contribution in [3.63, 3.8) is 0 Å². The van der Waals surface area contributed by atoms with Crippen molar-refractivity contribution < 1.29 is 9.21 Å². The number of oxazole rings is 1. The quantitative estimate of drug-likeness (QED) is 0.774.